The Balaban J connectivity index is 2.55. The van der Waals surface area contributed by atoms with Crippen molar-refractivity contribution in [1.82, 2.24) is 10.2 Å². The van der Waals surface area contributed by atoms with Crippen LogP contribution in [0.2, 0.25) is 0 Å². The summed E-state index contributed by atoms with van der Waals surface area (Å²) in [6, 6.07) is 7.35. The van der Waals surface area contributed by atoms with Gasteiger partial charge in [-0.1, -0.05) is 28.1 Å². The van der Waals surface area contributed by atoms with E-state index in [-0.39, 0.29) is 5.56 Å². The van der Waals surface area contributed by atoms with Crippen LogP contribution in [0.5, 0.6) is 0 Å². The van der Waals surface area contributed by atoms with Crippen LogP contribution in [0.1, 0.15) is 10.4 Å². The largest absolute Gasteiger partial charge is 0.478 e. The fourth-order valence-corrected chi connectivity index (χ4v) is 1.62. The molecule has 4 nitrogen and oxygen atoms in total. The van der Waals surface area contributed by atoms with E-state index in [0.29, 0.717) is 5.56 Å². The quantitative estimate of drug-likeness (QED) is 0.917. The van der Waals surface area contributed by atoms with Crippen LogP contribution in [0.15, 0.2) is 41.1 Å². The Kier molecular flexibility index (Phi) is 2.96. The van der Waals surface area contributed by atoms with Crippen molar-refractivity contribution in [3.8, 4) is 11.1 Å². The van der Waals surface area contributed by atoms with Gasteiger partial charge in [0.2, 0.25) is 0 Å². The predicted molar refractivity (Wildman–Crippen MR) is 62.1 cm³/mol. The van der Waals surface area contributed by atoms with E-state index in [4.69, 9.17) is 5.11 Å². The fourth-order valence-electron chi connectivity index (χ4n) is 1.35. The van der Waals surface area contributed by atoms with E-state index in [1.54, 1.807) is 0 Å². The van der Waals surface area contributed by atoms with E-state index in [0.717, 1.165) is 10.0 Å². The van der Waals surface area contributed by atoms with Crippen molar-refractivity contribution < 1.29 is 9.90 Å². The molecule has 0 radical (unpaired) electrons. The number of carboxylic acids is 1. The molecule has 1 N–H and O–H groups in total. The van der Waals surface area contributed by atoms with Crippen LogP contribution in [0.4, 0.5) is 0 Å². The van der Waals surface area contributed by atoms with Gasteiger partial charge in [0, 0.05) is 10.0 Å². The van der Waals surface area contributed by atoms with Crippen LogP contribution >= 0.6 is 15.9 Å². The van der Waals surface area contributed by atoms with E-state index in [1.165, 1.54) is 12.4 Å². The van der Waals surface area contributed by atoms with Gasteiger partial charge in [0.25, 0.3) is 0 Å². The van der Waals surface area contributed by atoms with Gasteiger partial charge in [0.1, 0.15) is 0 Å². The summed E-state index contributed by atoms with van der Waals surface area (Å²) in [5.41, 5.74) is 1.52. The molecule has 16 heavy (non-hydrogen) atoms. The number of benzene rings is 1. The van der Waals surface area contributed by atoms with Crippen molar-refractivity contribution in [3.63, 3.8) is 0 Å². The molecular weight excluding hydrogens is 272 g/mol. The summed E-state index contributed by atoms with van der Waals surface area (Å²) < 4.78 is 0.940. The lowest BCUT2D eigenvalue weighted by atomic mass is 10.0. The van der Waals surface area contributed by atoms with Crippen molar-refractivity contribution in [3.05, 3.63) is 46.7 Å². The zero-order valence-corrected chi connectivity index (χ0v) is 9.68. The normalized spacial score (nSPS) is 10.1. The summed E-state index contributed by atoms with van der Waals surface area (Å²) in [4.78, 5) is 11.0. The maximum Gasteiger partial charge on any atom is 0.338 e. The molecule has 1 heterocycles. The maximum absolute atomic E-state index is 11.0. The Morgan fingerprint density at radius 2 is 1.75 bits per heavy atom. The lowest BCUT2D eigenvalue weighted by molar-refractivity contribution is 0.0697. The molecule has 0 fully saturated rings. The van der Waals surface area contributed by atoms with E-state index in [1.807, 2.05) is 24.3 Å². The number of hydrogen-bond donors (Lipinski definition) is 1. The highest BCUT2D eigenvalue weighted by Crippen LogP contribution is 2.23. The van der Waals surface area contributed by atoms with Crippen LogP contribution in [0.25, 0.3) is 11.1 Å². The Hall–Kier alpha value is -1.75. The number of rotatable bonds is 2. The molecule has 0 aliphatic heterocycles. The van der Waals surface area contributed by atoms with E-state index in [9.17, 15) is 4.79 Å². The molecule has 0 bridgehead atoms. The molecule has 1 aromatic heterocycles. The number of carboxylic acid groups (broad SMARTS) is 1. The predicted octanol–water partition coefficient (Wildman–Crippen LogP) is 2.60. The van der Waals surface area contributed by atoms with Gasteiger partial charge in [-0.15, -0.1) is 0 Å². The first-order valence-corrected chi connectivity index (χ1v) is 5.27. The molecule has 0 saturated carbocycles. The highest BCUT2D eigenvalue weighted by molar-refractivity contribution is 9.10. The molecule has 0 aliphatic carbocycles. The van der Waals surface area contributed by atoms with Crippen LogP contribution in [-0.2, 0) is 0 Å². The third-order valence-corrected chi connectivity index (χ3v) is 2.64. The van der Waals surface area contributed by atoms with Gasteiger partial charge in [0.15, 0.2) is 0 Å². The summed E-state index contributed by atoms with van der Waals surface area (Å²) in [5.74, 6) is -1.01. The second-order valence-electron chi connectivity index (χ2n) is 3.13. The number of nitrogens with zero attached hydrogens (tertiary/aromatic N) is 2. The second-order valence-corrected chi connectivity index (χ2v) is 4.04. The molecule has 2 aromatic rings. The van der Waals surface area contributed by atoms with Crippen LogP contribution in [0.3, 0.4) is 0 Å². The standard InChI is InChI=1S/C11H7BrN2O2/c12-8-3-1-7(2-4-8)9-5-13-14-6-10(9)11(15)16/h1-6H,(H,15,16). The summed E-state index contributed by atoms with van der Waals surface area (Å²) in [7, 11) is 0. The number of aromatic carboxylic acids is 1. The number of halogens is 1. The number of hydrogen-bond acceptors (Lipinski definition) is 3. The van der Waals surface area contributed by atoms with Gasteiger partial charge in [-0.05, 0) is 17.7 Å². The average molecular weight is 279 g/mol. The Labute approximate surface area is 100 Å². The third kappa shape index (κ3) is 2.09. The monoisotopic (exact) mass is 278 g/mol. The molecular formula is C11H7BrN2O2. The first-order valence-electron chi connectivity index (χ1n) is 4.48. The summed E-state index contributed by atoms with van der Waals surface area (Å²) in [5, 5.41) is 16.3. The first-order chi connectivity index (χ1) is 7.68. The SMILES string of the molecule is O=C(O)c1cnncc1-c1ccc(Br)cc1. The zero-order chi connectivity index (χ0) is 11.5. The summed E-state index contributed by atoms with van der Waals surface area (Å²) in [6.07, 6.45) is 2.70. The number of carbonyl (C=O) groups is 1. The van der Waals surface area contributed by atoms with Crippen LogP contribution in [-0.4, -0.2) is 21.3 Å². The van der Waals surface area contributed by atoms with Gasteiger partial charge in [-0.3, -0.25) is 0 Å². The van der Waals surface area contributed by atoms with Gasteiger partial charge in [-0.25, -0.2) is 4.79 Å². The van der Waals surface area contributed by atoms with E-state index < -0.39 is 5.97 Å². The Morgan fingerprint density at radius 1 is 1.12 bits per heavy atom. The second kappa shape index (κ2) is 4.40. The van der Waals surface area contributed by atoms with E-state index in [2.05, 4.69) is 26.1 Å². The van der Waals surface area contributed by atoms with Gasteiger partial charge >= 0.3 is 5.97 Å². The summed E-state index contributed by atoms with van der Waals surface area (Å²) in [6.45, 7) is 0. The molecule has 0 aliphatic rings. The lowest BCUT2D eigenvalue weighted by Crippen LogP contribution is -2.01. The smallest absolute Gasteiger partial charge is 0.338 e. The van der Waals surface area contributed by atoms with E-state index >= 15 is 0 Å². The summed E-state index contributed by atoms with van der Waals surface area (Å²) >= 11 is 3.32. The minimum absolute atomic E-state index is 0.150. The fraction of sp³-hybridized carbons (Fsp3) is 0. The Morgan fingerprint density at radius 3 is 2.38 bits per heavy atom. The molecule has 2 rings (SSSR count). The van der Waals surface area contributed by atoms with Crippen molar-refractivity contribution in [2.75, 3.05) is 0 Å². The molecule has 0 amide bonds. The van der Waals surface area contributed by atoms with Crippen molar-refractivity contribution in [1.29, 1.82) is 0 Å². The molecule has 80 valence electrons. The average Bonchev–Trinajstić information content (AvgIpc) is 2.30. The highest BCUT2D eigenvalue weighted by Gasteiger charge is 2.11. The van der Waals surface area contributed by atoms with Crippen molar-refractivity contribution in [2.24, 2.45) is 0 Å². The van der Waals surface area contributed by atoms with Gasteiger partial charge in [-0.2, -0.15) is 10.2 Å². The molecule has 1 aromatic carbocycles. The lowest BCUT2D eigenvalue weighted by Gasteiger charge is -2.04. The number of aromatic nitrogens is 2. The molecule has 0 saturated heterocycles. The van der Waals surface area contributed by atoms with Gasteiger partial charge in [0.05, 0.1) is 18.0 Å². The Bertz CT molecular complexity index is 526. The third-order valence-electron chi connectivity index (χ3n) is 2.12. The highest BCUT2D eigenvalue weighted by atomic mass is 79.9. The molecule has 0 atom stereocenters. The topological polar surface area (TPSA) is 63.1 Å². The van der Waals surface area contributed by atoms with Crippen molar-refractivity contribution >= 4 is 21.9 Å². The van der Waals surface area contributed by atoms with Crippen molar-refractivity contribution in [2.45, 2.75) is 0 Å². The maximum atomic E-state index is 11.0. The van der Waals surface area contributed by atoms with Crippen LogP contribution in [0, 0.1) is 0 Å². The first kappa shape index (κ1) is 10.8. The zero-order valence-electron chi connectivity index (χ0n) is 8.09. The minimum atomic E-state index is -1.01. The molecule has 5 heteroatoms. The van der Waals surface area contributed by atoms with Gasteiger partial charge < -0.3 is 5.11 Å². The molecule has 0 unspecified atom stereocenters. The molecule has 0 spiro atoms. The minimum Gasteiger partial charge on any atom is -0.478 e. The van der Waals surface area contributed by atoms with Crippen LogP contribution < -0.4 is 0 Å².